The molecule has 0 N–H and O–H groups in total. The molecule has 96 valence electrons. The number of nitriles is 1. The Bertz CT molecular complexity index is 625. The first-order valence-electron chi connectivity index (χ1n) is 5.60. The molecule has 4 heteroatoms. The largest absolute Gasteiger partial charge is 0.497 e. The summed E-state index contributed by atoms with van der Waals surface area (Å²) in [5.41, 5.74) is 2.25. The second-order valence-corrected chi connectivity index (χ2v) is 4.38. The molecule has 3 nitrogen and oxygen atoms in total. The Labute approximate surface area is 117 Å². The first-order chi connectivity index (χ1) is 9.16. The van der Waals surface area contributed by atoms with E-state index in [0.29, 0.717) is 22.1 Å². The fraction of sp³-hybridized carbons (Fsp3) is 0.133. The number of benzene rings is 2. The van der Waals surface area contributed by atoms with Crippen LogP contribution in [-0.4, -0.2) is 14.2 Å². The van der Waals surface area contributed by atoms with Crippen LogP contribution >= 0.6 is 11.6 Å². The van der Waals surface area contributed by atoms with Crippen LogP contribution in [0.2, 0.25) is 5.02 Å². The van der Waals surface area contributed by atoms with Crippen LogP contribution in [-0.2, 0) is 0 Å². The minimum atomic E-state index is 0.518. The van der Waals surface area contributed by atoms with Crippen molar-refractivity contribution in [1.82, 2.24) is 0 Å². The summed E-state index contributed by atoms with van der Waals surface area (Å²) in [6.07, 6.45) is 0. The van der Waals surface area contributed by atoms with Gasteiger partial charge in [0, 0.05) is 11.1 Å². The van der Waals surface area contributed by atoms with Crippen molar-refractivity contribution < 1.29 is 9.47 Å². The summed E-state index contributed by atoms with van der Waals surface area (Å²) in [5, 5.41) is 9.50. The summed E-state index contributed by atoms with van der Waals surface area (Å²) in [4.78, 5) is 0. The van der Waals surface area contributed by atoms with Gasteiger partial charge in [0.05, 0.1) is 25.9 Å². The second-order valence-electron chi connectivity index (χ2n) is 3.94. The van der Waals surface area contributed by atoms with E-state index in [-0.39, 0.29) is 0 Å². The molecule has 0 aliphatic rings. The Morgan fingerprint density at radius 1 is 0.895 bits per heavy atom. The van der Waals surface area contributed by atoms with E-state index in [1.165, 1.54) is 0 Å². The maximum Gasteiger partial charge on any atom is 0.123 e. The summed E-state index contributed by atoms with van der Waals surface area (Å²) >= 11 is 6.01. The second kappa shape index (κ2) is 5.64. The van der Waals surface area contributed by atoms with E-state index in [2.05, 4.69) is 6.07 Å². The summed E-state index contributed by atoms with van der Waals surface area (Å²) in [5.74, 6) is 1.38. The van der Waals surface area contributed by atoms with Crippen LogP contribution in [0.4, 0.5) is 0 Å². The van der Waals surface area contributed by atoms with Gasteiger partial charge in [-0.2, -0.15) is 5.26 Å². The average molecular weight is 274 g/mol. The Hall–Kier alpha value is -2.18. The molecule has 0 heterocycles. The normalized spacial score (nSPS) is 9.79. The Balaban J connectivity index is 2.58. The fourth-order valence-electron chi connectivity index (χ4n) is 1.79. The lowest BCUT2D eigenvalue weighted by molar-refractivity contribution is 0.394. The summed E-state index contributed by atoms with van der Waals surface area (Å²) in [7, 11) is 3.19. The van der Waals surface area contributed by atoms with Gasteiger partial charge < -0.3 is 9.47 Å². The molecule has 0 saturated carbocycles. The molecule has 2 aromatic carbocycles. The smallest absolute Gasteiger partial charge is 0.123 e. The molecule has 0 saturated heterocycles. The van der Waals surface area contributed by atoms with Gasteiger partial charge in [-0.05, 0) is 41.5 Å². The van der Waals surface area contributed by atoms with E-state index in [4.69, 9.17) is 26.3 Å². The highest BCUT2D eigenvalue weighted by Gasteiger charge is 2.06. The van der Waals surface area contributed by atoms with E-state index in [1.54, 1.807) is 38.5 Å². The first kappa shape index (κ1) is 13.3. The maximum absolute atomic E-state index is 8.98. The molecule has 0 aromatic heterocycles. The highest BCUT2D eigenvalue weighted by Crippen LogP contribution is 2.31. The third-order valence-corrected chi connectivity index (χ3v) is 2.93. The molecule has 0 atom stereocenters. The van der Waals surface area contributed by atoms with Crippen molar-refractivity contribution >= 4 is 11.6 Å². The van der Waals surface area contributed by atoms with Crippen molar-refractivity contribution in [2.45, 2.75) is 0 Å². The third kappa shape index (κ3) is 2.98. The quantitative estimate of drug-likeness (QED) is 0.852. The lowest BCUT2D eigenvalue weighted by Crippen LogP contribution is -1.89. The molecule has 0 radical (unpaired) electrons. The van der Waals surface area contributed by atoms with E-state index in [9.17, 15) is 0 Å². The molecule has 0 amide bonds. The van der Waals surface area contributed by atoms with Crippen LogP contribution in [0.15, 0.2) is 36.4 Å². The van der Waals surface area contributed by atoms with Crippen LogP contribution in [0.3, 0.4) is 0 Å². The Kier molecular flexibility index (Phi) is 3.94. The van der Waals surface area contributed by atoms with Gasteiger partial charge in [0.1, 0.15) is 11.5 Å². The van der Waals surface area contributed by atoms with Crippen molar-refractivity contribution in [1.29, 1.82) is 5.26 Å². The first-order valence-corrected chi connectivity index (χ1v) is 5.98. The minimum absolute atomic E-state index is 0.518. The van der Waals surface area contributed by atoms with Crippen molar-refractivity contribution in [2.75, 3.05) is 14.2 Å². The maximum atomic E-state index is 8.98. The van der Waals surface area contributed by atoms with Crippen LogP contribution in [0.25, 0.3) is 11.1 Å². The van der Waals surface area contributed by atoms with Crippen molar-refractivity contribution in [3.05, 3.63) is 47.0 Å². The zero-order valence-electron chi connectivity index (χ0n) is 10.6. The molecule has 2 rings (SSSR count). The number of ether oxygens (including phenoxy) is 2. The molecule has 19 heavy (non-hydrogen) atoms. The predicted octanol–water partition coefficient (Wildman–Crippen LogP) is 3.90. The average Bonchev–Trinajstić information content (AvgIpc) is 2.45. The number of hydrogen-bond donors (Lipinski definition) is 0. The van der Waals surface area contributed by atoms with Gasteiger partial charge in [0.25, 0.3) is 0 Å². The lowest BCUT2D eigenvalue weighted by Gasteiger charge is -2.09. The monoisotopic (exact) mass is 273 g/mol. The summed E-state index contributed by atoms with van der Waals surface area (Å²) < 4.78 is 10.5. The zero-order chi connectivity index (χ0) is 13.8. The molecule has 0 spiro atoms. The van der Waals surface area contributed by atoms with Crippen LogP contribution in [0.1, 0.15) is 5.56 Å². The standard InChI is InChI=1S/C15H12ClNO2/c1-18-14-6-12(7-15(8-14)19-2)11-3-10(9-17)4-13(16)5-11/h3-8H,1-2H3. The van der Waals surface area contributed by atoms with Crippen molar-refractivity contribution in [3.63, 3.8) is 0 Å². The summed E-state index contributed by atoms with van der Waals surface area (Å²) in [6.45, 7) is 0. The topological polar surface area (TPSA) is 42.2 Å². The van der Waals surface area contributed by atoms with Gasteiger partial charge in [0.2, 0.25) is 0 Å². The minimum Gasteiger partial charge on any atom is -0.497 e. The van der Waals surface area contributed by atoms with Gasteiger partial charge >= 0.3 is 0 Å². The number of nitrogens with zero attached hydrogens (tertiary/aromatic N) is 1. The van der Waals surface area contributed by atoms with Crippen LogP contribution in [0, 0.1) is 11.3 Å². The zero-order valence-corrected chi connectivity index (χ0v) is 11.4. The molecule has 0 unspecified atom stereocenters. The Morgan fingerprint density at radius 3 is 2.00 bits per heavy atom. The van der Waals surface area contributed by atoms with E-state index in [1.807, 2.05) is 12.1 Å². The van der Waals surface area contributed by atoms with E-state index in [0.717, 1.165) is 11.1 Å². The number of halogens is 1. The van der Waals surface area contributed by atoms with Crippen molar-refractivity contribution in [2.24, 2.45) is 0 Å². The van der Waals surface area contributed by atoms with Gasteiger partial charge in [-0.15, -0.1) is 0 Å². The van der Waals surface area contributed by atoms with Gasteiger partial charge in [-0.25, -0.2) is 0 Å². The van der Waals surface area contributed by atoms with Crippen LogP contribution in [0.5, 0.6) is 11.5 Å². The number of methoxy groups -OCH3 is 2. The van der Waals surface area contributed by atoms with E-state index >= 15 is 0 Å². The predicted molar refractivity (Wildman–Crippen MR) is 74.7 cm³/mol. The molecule has 0 aliphatic carbocycles. The molecule has 0 bridgehead atoms. The number of hydrogen-bond acceptors (Lipinski definition) is 3. The third-order valence-electron chi connectivity index (χ3n) is 2.71. The van der Waals surface area contributed by atoms with Crippen LogP contribution < -0.4 is 9.47 Å². The van der Waals surface area contributed by atoms with Gasteiger partial charge in [0.15, 0.2) is 0 Å². The highest BCUT2D eigenvalue weighted by atomic mass is 35.5. The summed E-state index contributed by atoms with van der Waals surface area (Å²) in [6, 6.07) is 12.8. The molecule has 0 aliphatic heterocycles. The molecular weight excluding hydrogens is 262 g/mol. The lowest BCUT2D eigenvalue weighted by atomic mass is 10.0. The molecular formula is C15H12ClNO2. The fourth-order valence-corrected chi connectivity index (χ4v) is 2.03. The van der Waals surface area contributed by atoms with Gasteiger partial charge in [-0.3, -0.25) is 0 Å². The van der Waals surface area contributed by atoms with Gasteiger partial charge in [-0.1, -0.05) is 11.6 Å². The van der Waals surface area contributed by atoms with Crippen molar-refractivity contribution in [3.8, 4) is 28.7 Å². The molecule has 0 fully saturated rings. The highest BCUT2D eigenvalue weighted by molar-refractivity contribution is 6.31. The SMILES string of the molecule is COc1cc(OC)cc(-c2cc(Cl)cc(C#N)c2)c1. The van der Waals surface area contributed by atoms with E-state index < -0.39 is 0 Å². The number of rotatable bonds is 3. The Morgan fingerprint density at radius 2 is 1.47 bits per heavy atom. The molecule has 2 aromatic rings.